The lowest BCUT2D eigenvalue weighted by molar-refractivity contribution is -0.124. The number of Topliss-reactive ketones (excluding diaryl/α,β-unsaturated/α-hetero) is 1. The van der Waals surface area contributed by atoms with E-state index in [-0.39, 0.29) is 0 Å². The minimum Gasteiger partial charge on any atom is -0.299 e. The summed E-state index contributed by atoms with van der Waals surface area (Å²) in [6, 6.07) is 9.21. The van der Waals surface area contributed by atoms with Gasteiger partial charge in [-0.15, -0.1) is 0 Å². The van der Waals surface area contributed by atoms with Crippen LogP contribution in [-0.2, 0) is 11.2 Å². The maximum absolute atomic E-state index is 12.1. The van der Waals surface area contributed by atoms with Crippen LogP contribution >= 0.6 is 0 Å². The fraction of sp³-hybridized carbons (Fsp3) is 0.650. The average Bonchev–Trinajstić information content (AvgIpc) is 2.54. The van der Waals surface area contributed by atoms with E-state index < -0.39 is 0 Å². The number of aryl methyl sites for hydroxylation is 1. The summed E-state index contributed by atoms with van der Waals surface area (Å²) in [5.41, 5.74) is 2.93. The van der Waals surface area contributed by atoms with Gasteiger partial charge in [0.05, 0.1) is 0 Å². The van der Waals surface area contributed by atoms with E-state index in [0.717, 1.165) is 32.1 Å². The molecule has 1 aromatic rings. The maximum atomic E-state index is 12.1. The molecule has 0 aromatic heterocycles. The van der Waals surface area contributed by atoms with Gasteiger partial charge in [-0.2, -0.15) is 0 Å². The van der Waals surface area contributed by atoms with Gasteiger partial charge in [0.25, 0.3) is 0 Å². The topological polar surface area (TPSA) is 17.1 Å². The number of ketones is 1. The Labute approximate surface area is 130 Å². The SMILES string of the molecule is CCCCC(=O)C1CCC(c2ccc(CCC)cc2)CC1. The van der Waals surface area contributed by atoms with Crippen LogP contribution < -0.4 is 0 Å². The highest BCUT2D eigenvalue weighted by atomic mass is 16.1. The molecule has 0 N–H and O–H groups in total. The summed E-state index contributed by atoms with van der Waals surface area (Å²) >= 11 is 0. The van der Waals surface area contributed by atoms with Gasteiger partial charge < -0.3 is 0 Å². The molecule has 0 heterocycles. The highest BCUT2D eigenvalue weighted by Crippen LogP contribution is 2.36. The third-order valence-corrected chi connectivity index (χ3v) is 4.95. The molecule has 0 radical (unpaired) electrons. The smallest absolute Gasteiger partial charge is 0.135 e. The summed E-state index contributed by atoms with van der Waals surface area (Å²) < 4.78 is 0. The van der Waals surface area contributed by atoms with E-state index >= 15 is 0 Å². The monoisotopic (exact) mass is 286 g/mol. The molecule has 0 aliphatic heterocycles. The molecule has 0 saturated heterocycles. The second kappa shape index (κ2) is 8.36. The largest absolute Gasteiger partial charge is 0.299 e. The van der Waals surface area contributed by atoms with Crippen molar-refractivity contribution in [1.29, 1.82) is 0 Å². The Morgan fingerprint density at radius 2 is 1.67 bits per heavy atom. The van der Waals surface area contributed by atoms with E-state index in [1.54, 1.807) is 0 Å². The fourth-order valence-electron chi connectivity index (χ4n) is 3.55. The molecule has 116 valence electrons. The maximum Gasteiger partial charge on any atom is 0.135 e. The van der Waals surface area contributed by atoms with Gasteiger partial charge in [-0.05, 0) is 55.6 Å². The number of carbonyl (C=O) groups excluding carboxylic acids is 1. The third-order valence-electron chi connectivity index (χ3n) is 4.95. The Morgan fingerprint density at radius 1 is 1.00 bits per heavy atom. The minimum absolute atomic E-state index is 0.354. The van der Waals surface area contributed by atoms with Gasteiger partial charge in [-0.3, -0.25) is 4.79 Å². The van der Waals surface area contributed by atoms with Crippen molar-refractivity contribution >= 4 is 5.78 Å². The molecular weight excluding hydrogens is 256 g/mol. The van der Waals surface area contributed by atoms with E-state index in [1.807, 2.05) is 0 Å². The molecule has 1 nitrogen and oxygen atoms in total. The van der Waals surface area contributed by atoms with Crippen LogP contribution in [0.25, 0.3) is 0 Å². The van der Waals surface area contributed by atoms with Crippen LogP contribution in [0.3, 0.4) is 0 Å². The van der Waals surface area contributed by atoms with Crippen LogP contribution in [0.15, 0.2) is 24.3 Å². The molecule has 1 heteroatoms. The molecule has 0 amide bonds. The van der Waals surface area contributed by atoms with Gasteiger partial charge in [0.2, 0.25) is 0 Å². The highest BCUT2D eigenvalue weighted by molar-refractivity contribution is 5.81. The first-order chi connectivity index (χ1) is 10.2. The highest BCUT2D eigenvalue weighted by Gasteiger charge is 2.26. The van der Waals surface area contributed by atoms with Crippen molar-refractivity contribution in [2.45, 2.75) is 77.6 Å². The van der Waals surface area contributed by atoms with Gasteiger partial charge in [0, 0.05) is 12.3 Å². The Kier molecular flexibility index (Phi) is 6.48. The summed E-state index contributed by atoms with van der Waals surface area (Å²) in [5, 5.41) is 0. The number of hydrogen-bond donors (Lipinski definition) is 0. The quantitative estimate of drug-likeness (QED) is 0.631. The van der Waals surface area contributed by atoms with E-state index in [2.05, 4.69) is 38.1 Å². The first kappa shape index (κ1) is 16.3. The van der Waals surface area contributed by atoms with Crippen molar-refractivity contribution in [3.05, 3.63) is 35.4 Å². The zero-order chi connectivity index (χ0) is 15.1. The Hall–Kier alpha value is -1.11. The summed E-state index contributed by atoms with van der Waals surface area (Å²) in [5.74, 6) is 1.55. The molecule has 1 fully saturated rings. The first-order valence-corrected chi connectivity index (χ1v) is 8.86. The molecule has 1 aliphatic rings. The van der Waals surface area contributed by atoms with Crippen LogP contribution in [0.5, 0.6) is 0 Å². The zero-order valence-electron chi connectivity index (χ0n) is 13.7. The van der Waals surface area contributed by atoms with Gasteiger partial charge in [-0.25, -0.2) is 0 Å². The van der Waals surface area contributed by atoms with Gasteiger partial charge in [-0.1, -0.05) is 51.0 Å². The molecule has 1 aliphatic carbocycles. The van der Waals surface area contributed by atoms with Crippen molar-refractivity contribution in [1.82, 2.24) is 0 Å². The molecular formula is C20H30O. The lowest BCUT2D eigenvalue weighted by Gasteiger charge is -2.28. The van der Waals surface area contributed by atoms with Crippen LogP contribution in [-0.4, -0.2) is 5.78 Å². The molecule has 0 bridgehead atoms. The van der Waals surface area contributed by atoms with Gasteiger partial charge in [0.15, 0.2) is 0 Å². The van der Waals surface area contributed by atoms with Crippen LogP contribution in [0.1, 0.15) is 82.3 Å². The number of unbranched alkanes of at least 4 members (excludes halogenated alkanes) is 1. The molecule has 0 spiro atoms. The minimum atomic E-state index is 0.354. The third kappa shape index (κ3) is 4.69. The second-order valence-corrected chi connectivity index (χ2v) is 6.61. The van der Waals surface area contributed by atoms with Crippen molar-refractivity contribution < 1.29 is 4.79 Å². The predicted molar refractivity (Wildman–Crippen MR) is 89.7 cm³/mol. The summed E-state index contributed by atoms with van der Waals surface area (Å²) in [6.45, 7) is 4.39. The normalized spacial score (nSPS) is 22.2. The Balaban J connectivity index is 1.84. The van der Waals surface area contributed by atoms with Crippen LogP contribution in [0.4, 0.5) is 0 Å². The van der Waals surface area contributed by atoms with E-state index in [1.165, 1.54) is 36.8 Å². The molecule has 1 aromatic carbocycles. The Bertz CT molecular complexity index is 424. The lowest BCUT2D eigenvalue weighted by Crippen LogP contribution is -2.21. The molecule has 2 rings (SSSR count). The summed E-state index contributed by atoms with van der Waals surface area (Å²) in [4.78, 5) is 12.1. The lowest BCUT2D eigenvalue weighted by atomic mass is 9.76. The Morgan fingerprint density at radius 3 is 2.24 bits per heavy atom. The fourth-order valence-corrected chi connectivity index (χ4v) is 3.55. The molecule has 0 unspecified atom stereocenters. The van der Waals surface area contributed by atoms with Crippen molar-refractivity contribution in [2.24, 2.45) is 5.92 Å². The van der Waals surface area contributed by atoms with Crippen LogP contribution in [0.2, 0.25) is 0 Å². The predicted octanol–water partition coefficient (Wildman–Crippen LogP) is 5.67. The van der Waals surface area contributed by atoms with Crippen molar-refractivity contribution in [3.63, 3.8) is 0 Å². The summed E-state index contributed by atoms with van der Waals surface area (Å²) in [6.07, 6.45) is 9.98. The second-order valence-electron chi connectivity index (χ2n) is 6.61. The van der Waals surface area contributed by atoms with Crippen molar-refractivity contribution in [3.8, 4) is 0 Å². The van der Waals surface area contributed by atoms with E-state index in [0.29, 0.717) is 17.6 Å². The average molecular weight is 286 g/mol. The number of benzene rings is 1. The van der Waals surface area contributed by atoms with Crippen molar-refractivity contribution in [2.75, 3.05) is 0 Å². The first-order valence-electron chi connectivity index (χ1n) is 8.86. The molecule has 0 atom stereocenters. The zero-order valence-corrected chi connectivity index (χ0v) is 13.7. The van der Waals surface area contributed by atoms with Crippen LogP contribution in [0, 0.1) is 5.92 Å². The van der Waals surface area contributed by atoms with Gasteiger partial charge in [0.1, 0.15) is 5.78 Å². The molecule has 1 saturated carbocycles. The number of carbonyl (C=O) groups is 1. The number of hydrogen-bond acceptors (Lipinski definition) is 1. The number of rotatable bonds is 7. The van der Waals surface area contributed by atoms with Gasteiger partial charge >= 0.3 is 0 Å². The standard InChI is InChI=1S/C20H30O/c1-3-5-7-20(21)19-14-12-18(13-15-19)17-10-8-16(6-4-2)9-11-17/h8-11,18-19H,3-7,12-15H2,1-2H3. The van der Waals surface area contributed by atoms with E-state index in [9.17, 15) is 4.79 Å². The van der Waals surface area contributed by atoms with E-state index in [4.69, 9.17) is 0 Å². The summed E-state index contributed by atoms with van der Waals surface area (Å²) in [7, 11) is 0. The molecule has 21 heavy (non-hydrogen) atoms.